The summed E-state index contributed by atoms with van der Waals surface area (Å²) in [5.41, 5.74) is 7.64. The molecule has 18 nitrogen and oxygen atoms in total. The molecule has 19 heteroatoms. The first-order valence-corrected chi connectivity index (χ1v) is 22.0. The molecule has 3 aromatic carbocycles. The lowest BCUT2D eigenvalue weighted by Crippen LogP contribution is -2.57. The van der Waals surface area contributed by atoms with Crippen molar-refractivity contribution in [1.82, 2.24) is 31.9 Å². The summed E-state index contributed by atoms with van der Waals surface area (Å²) in [5.74, 6) is -7.09. The van der Waals surface area contributed by atoms with Gasteiger partial charge in [0, 0.05) is 50.6 Å². The lowest BCUT2D eigenvalue weighted by atomic mass is 9.81. The zero-order chi connectivity index (χ0) is 46.6. The highest BCUT2D eigenvalue weighted by atomic mass is 32.1. The van der Waals surface area contributed by atoms with Crippen LogP contribution in [0.5, 0.6) is 0 Å². The zero-order valence-electron chi connectivity index (χ0n) is 35.8. The number of hydrogen-bond donors (Lipinski definition) is 10. The van der Waals surface area contributed by atoms with E-state index < -0.39 is 78.1 Å². The molecule has 0 spiro atoms. The number of nitrogens with two attached hydrogens (primary N) is 1. The van der Waals surface area contributed by atoms with Crippen LogP contribution in [-0.4, -0.2) is 120 Å². The second-order valence-electron chi connectivity index (χ2n) is 15.7. The van der Waals surface area contributed by atoms with Crippen LogP contribution in [0.25, 0.3) is 10.8 Å². The SMILES string of the molecule is CCOCCC(=O)N[C@@H](Cc1ccccc1)C(=O)N[C@@H](Cc1cccc2ccccc12)C(=O)NCC1CCC(C(=O)NCC(N)C(=O)N[C@@H](CC(=O)O)C(=O)N[C@@H](CS)C(=O)O)CC1. The molecule has 1 unspecified atom stereocenters. The summed E-state index contributed by atoms with van der Waals surface area (Å²) < 4.78 is 5.33. The van der Waals surface area contributed by atoms with Crippen molar-refractivity contribution in [3.63, 3.8) is 0 Å². The third-order valence-corrected chi connectivity index (χ3v) is 11.3. The normalized spacial score (nSPS) is 17.0. The van der Waals surface area contributed by atoms with Crippen molar-refractivity contribution in [2.24, 2.45) is 17.6 Å². The number of amides is 6. The van der Waals surface area contributed by atoms with Crippen LogP contribution < -0.4 is 37.6 Å². The molecule has 3 aromatic rings. The van der Waals surface area contributed by atoms with Crippen molar-refractivity contribution in [2.75, 3.05) is 32.1 Å². The number of fused-ring (bicyclic) bond motifs is 1. The van der Waals surface area contributed by atoms with Crippen LogP contribution in [0.1, 0.15) is 56.6 Å². The maximum atomic E-state index is 14.0. The van der Waals surface area contributed by atoms with E-state index in [2.05, 4.69) is 44.5 Å². The Kier molecular flexibility index (Phi) is 20.5. The molecule has 0 heterocycles. The van der Waals surface area contributed by atoms with E-state index in [4.69, 9.17) is 10.5 Å². The Morgan fingerprint density at radius 3 is 2.02 bits per heavy atom. The number of benzene rings is 3. The third-order valence-electron chi connectivity index (χ3n) is 11.0. The Bertz CT molecular complexity index is 2080. The minimum absolute atomic E-state index is 0.0194. The van der Waals surface area contributed by atoms with Crippen molar-refractivity contribution < 1.29 is 53.3 Å². The highest BCUT2D eigenvalue weighted by Crippen LogP contribution is 2.29. The highest BCUT2D eigenvalue weighted by molar-refractivity contribution is 7.80. The number of carbonyl (C=O) groups is 8. The molecule has 1 aliphatic carbocycles. The smallest absolute Gasteiger partial charge is 0.327 e. The average molecular weight is 906 g/mol. The molecule has 4 rings (SSSR count). The summed E-state index contributed by atoms with van der Waals surface area (Å²) >= 11 is 3.86. The molecular weight excluding hydrogens is 847 g/mol. The lowest BCUT2D eigenvalue weighted by molar-refractivity contribution is -0.143. The van der Waals surface area contributed by atoms with E-state index in [1.807, 2.05) is 79.7 Å². The fraction of sp³-hybridized carbons (Fsp3) is 0.467. The standard InChI is InChI=1S/C45H59N7O11S/c1-2-63-20-19-38(53)49-34(21-27-9-4-3-5-10-27)43(59)51-35(22-31-13-8-12-29-11-6-7-14-32(29)31)42(58)47-24-28-15-17-30(18-16-28)40(56)48-25-33(46)41(57)50-36(23-39(54)55)44(60)52-37(26-64)45(61)62/h3-14,28,30,33-37,64H,2,15-26,46H2,1H3,(H,47,58)(H,48,56)(H,49,53)(H,50,57)(H,51,59)(H,52,60)(H,54,55)(H,61,62)/t28?,30?,33?,34-,35-,36-,37-/m0/s1. The van der Waals surface area contributed by atoms with Crippen molar-refractivity contribution in [2.45, 2.75) is 88.5 Å². The number of ether oxygens (including phenoxy) is 1. The number of thiol groups is 1. The molecule has 10 N–H and O–H groups in total. The minimum Gasteiger partial charge on any atom is -0.481 e. The molecule has 0 saturated heterocycles. The molecule has 6 amide bonds. The number of carboxylic acids is 2. The van der Waals surface area contributed by atoms with Gasteiger partial charge in [0.15, 0.2) is 0 Å². The van der Waals surface area contributed by atoms with Gasteiger partial charge in [-0.1, -0.05) is 72.8 Å². The Balaban J connectivity index is 1.35. The van der Waals surface area contributed by atoms with Gasteiger partial charge >= 0.3 is 11.9 Å². The fourth-order valence-corrected chi connectivity index (χ4v) is 7.62. The van der Waals surface area contributed by atoms with E-state index in [9.17, 15) is 48.6 Å². The lowest BCUT2D eigenvalue weighted by Gasteiger charge is -2.29. The monoisotopic (exact) mass is 905 g/mol. The number of aliphatic carboxylic acids is 2. The summed E-state index contributed by atoms with van der Waals surface area (Å²) in [7, 11) is 0. The summed E-state index contributed by atoms with van der Waals surface area (Å²) in [6.07, 6.45) is 1.73. The van der Waals surface area contributed by atoms with Crippen LogP contribution in [0.15, 0.2) is 72.8 Å². The molecule has 1 saturated carbocycles. The van der Waals surface area contributed by atoms with Gasteiger partial charge in [-0.2, -0.15) is 12.6 Å². The van der Waals surface area contributed by atoms with E-state index in [0.29, 0.717) is 32.3 Å². The van der Waals surface area contributed by atoms with Crippen LogP contribution in [0.4, 0.5) is 0 Å². The van der Waals surface area contributed by atoms with Gasteiger partial charge < -0.3 is 52.6 Å². The molecule has 1 aliphatic rings. The predicted octanol–water partition coefficient (Wildman–Crippen LogP) is 0.846. The fourth-order valence-electron chi connectivity index (χ4n) is 7.37. The molecular formula is C45H59N7O11S. The summed E-state index contributed by atoms with van der Waals surface area (Å²) in [4.78, 5) is 102. The second-order valence-corrected chi connectivity index (χ2v) is 16.1. The first-order valence-electron chi connectivity index (χ1n) is 21.3. The van der Waals surface area contributed by atoms with Crippen LogP contribution in [-0.2, 0) is 55.9 Å². The maximum absolute atomic E-state index is 14.0. The number of carbonyl (C=O) groups excluding carboxylic acids is 6. The Morgan fingerprint density at radius 2 is 1.34 bits per heavy atom. The first-order chi connectivity index (χ1) is 30.7. The van der Waals surface area contributed by atoms with Crippen molar-refractivity contribution in [1.29, 1.82) is 0 Å². The number of nitrogens with one attached hydrogen (secondary N) is 6. The van der Waals surface area contributed by atoms with E-state index in [1.165, 1.54) is 0 Å². The Hall–Kier alpha value is -6.05. The van der Waals surface area contributed by atoms with Crippen LogP contribution in [0.3, 0.4) is 0 Å². The quantitative estimate of drug-likeness (QED) is 0.0419. The topological polar surface area (TPSA) is 284 Å². The zero-order valence-corrected chi connectivity index (χ0v) is 36.6. The molecule has 0 bridgehead atoms. The van der Waals surface area contributed by atoms with Gasteiger partial charge in [-0.15, -0.1) is 0 Å². The van der Waals surface area contributed by atoms with Gasteiger partial charge in [-0.3, -0.25) is 33.6 Å². The minimum atomic E-state index is -1.63. The maximum Gasteiger partial charge on any atom is 0.327 e. The van der Waals surface area contributed by atoms with Crippen molar-refractivity contribution >= 4 is 70.8 Å². The summed E-state index contributed by atoms with van der Waals surface area (Å²) in [6.45, 7) is 2.44. The Morgan fingerprint density at radius 1 is 0.719 bits per heavy atom. The predicted molar refractivity (Wildman–Crippen MR) is 240 cm³/mol. The van der Waals surface area contributed by atoms with Gasteiger partial charge in [0.25, 0.3) is 0 Å². The van der Waals surface area contributed by atoms with Crippen LogP contribution in [0.2, 0.25) is 0 Å². The van der Waals surface area contributed by atoms with Gasteiger partial charge in [0.1, 0.15) is 30.2 Å². The molecule has 0 aromatic heterocycles. The molecule has 0 radical (unpaired) electrons. The highest BCUT2D eigenvalue weighted by Gasteiger charge is 2.32. The van der Waals surface area contributed by atoms with E-state index in [-0.39, 0.29) is 62.4 Å². The van der Waals surface area contributed by atoms with Gasteiger partial charge in [0.05, 0.1) is 13.0 Å². The van der Waals surface area contributed by atoms with Crippen LogP contribution >= 0.6 is 12.6 Å². The molecule has 0 aliphatic heterocycles. The van der Waals surface area contributed by atoms with Crippen molar-refractivity contribution in [3.8, 4) is 0 Å². The Labute approximate surface area is 377 Å². The summed E-state index contributed by atoms with van der Waals surface area (Å²) in [6, 6.07) is 16.4. The molecule has 64 heavy (non-hydrogen) atoms. The van der Waals surface area contributed by atoms with Gasteiger partial charge in [-0.05, 0) is 60.4 Å². The van der Waals surface area contributed by atoms with E-state index in [1.54, 1.807) is 0 Å². The summed E-state index contributed by atoms with van der Waals surface area (Å²) in [5, 5.41) is 36.1. The van der Waals surface area contributed by atoms with Gasteiger partial charge in [-0.25, -0.2) is 4.79 Å². The third kappa shape index (κ3) is 16.3. The average Bonchev–Trinajstić information content (AvgIpc) is 3.28. The number of hydrogen-bond acceptors (Lipinski definition) is 11. The molecule has 346 valence electrons. The van der Waals surface area contributed by atoms with Gasteiger partial charge in [0.2, 0.25) is 35.4 Å². The van der Waals surface area contributed by atoms with E-state index >= 15 is 0 Å². The molecule has 5 atom stereocenters. The molecule has 1 fully saturated rings. The number of carboxylic acid groups (broad SMARTS) is 2. The first kappa shape index (κ1) is 50.6. The van der Waals surface area contributed by atoms with Crippen molar-refractivity contribution in [3.05, 3.63) is 83.9 Å². The number of rotatable bonds is 25. The van der Waals surface area contributed by atoms with Crippen LogP contribution in [0, 0.1) is 11.8 Å². The second kappa shape index (κ2) is 25.9. The largest absolute Gasteiger partial charge is 0.481 e. The van der Waals surface area contributed by atoms with E-state index in [0.717, 1.165) is 21.9 Å².